The molecular formula is C27H28ClFN6O2. The van der Waals surface area contributed by atoms with Crippen molar-refractivity contribution in [1.82, 2.24) is 20.2 Å². The van der Waals surface area contributed by atoms with Gasteiger partial charge in [-0.2, -0.15) is 4.98 Å². The minimum atomic E-state index is -0.636. The molecular weight excluding hydrogens is 495 g/mol. The van der Waals surface area contributed by atoms with Crippen LogP contribution in [0.1, 0.15) is 21.5 Å². The van der Waals surface area contributed by atoms with Gasteiger partial charge in [0.15, 0.2) is 5.82 Å². The average Bonchev–Trinajstić information content (AvgIpc) is 3.11. The third kappa shape index (κ3) is 6.74. The van der Waals surface area contributed by atoms with E-state index in [0.717, 1.165) is 44.8 Å². The van der Waals surface area contributed by atoms with Gasteiger partial charge in [0, 0.05) is 32.4 Å². The maximum Gasteiger partial charge on any atom is 0.254 e. The quantitative estimate of drug-likeness (QED) is 0.363. The number of terminal acetylenes is 1. The van der Waals surface area contributed by atoms with Crippen molar-refractivity contribution in [3.8, 4) is 12.3 Å². The third-order valence-corrected chi connectivity index (χ3v) is 6.34. The van der Waals surface area contributed by atoms with E-state index >= 15 is 0 Å². The first-order chi connectivity index (χ1) is 18.0. The first kappa shape index (κ1) is 26.4. The molecule has 0 bridgehead atoms. The van der Waals surface area contributed by atoms with Gasteiger partial charge in [-0.25, -0.2) is 9.37 Å². The van der Waals surface area contributed by atoms with Gasteiger partial charge in [0.1, 0.15) is 10.8 Å². The van der Waals surface area contributed by atoms with Crippen LogP contribution in [0.15, 0.2) is 42.6 Å². The van der Waals surface area contributed by atoms with Crippen LogP contribution < -0.4 is 16.0 Å². The van der Waals surface area contributed by atoms with E-state index in [2.05, 4.69) is 48.9 Å². The largest absolute Gasteiger partial charge is 0.383 e. The lowest BCUT2D eigenvalue weighted by Gasteiger charge is -2.18. The van der Waals surface area contributed by atoms with E-state index in [1.807, 2.05) is 6.07 Å². The number of benzene rings is 2. The predicted octanol–water partition coefficient (Wildman–Crippen LogP) is 4.17. The van der Waals surface area contributed by atoms with Crippen LogP contribution in [0, 0.1) is 18.2 Å². The number of methoxy groups -OCH3 is 1. The summed E-state index contributed by atoms with van der Waals surface area (Å²) in [6.45, 7) is 3.61. The van der Waals surface area contributed by atoms with Crippen LogP contribution in [-0.4, -0.2) is 60.7 Å². The Balaban J connectivity index is 1.52. The van der Waals surface area contributed by atoms with Gasteiger partial charge in [-0.3, -0.25) is 4.79 Å². The van der Waals surface area contributed by atoms with E-state index in [0.29, 0.717) is 0 Å². The summed E-state index contributed by atoms with van der Waals surface area (Å²) in [7, 11) is 1.72. The van der Waals surface area contributed by atoms with Gasteiger partial charge < -0.3 is 25.6 Å². The second kappa shape index (κ2) is 12.5. The molecule has 1 amide bonds. The van der Waals surface area contributed by atoms with Gasteiger partial charge in [-0.15, -0.1) is 6.42 Å². The molecule has 3 aromatic rings. The Morgan fingerprint density at radius 3 is 2.81 bits per heavy atom. The van der Waals surface area contributed by atoms with Gasteiger partial charge in [0.2, 0.25) is 5.95 Å². The first-order valence-corrected chi connectivity index (χ1v) is 12.3. The standard InChI is InChI=1S/C27H28ClFN6O2/c1-3-11-30-26(36)21-5-4-6-23(29)24(21)33-25-22(28)17-31-27(34-25)32-20-8-7-18-9-12-35(14-15-37-2)13-10-19(18)16-20/h1,4-8,16-17H,9-15H2,2H3,(H,30,36)(H2,31,32,33,34). The number of ether oxygens (including phenoxy) is 1. The Morgan fingerprint density at radius 2 is 2.03 bits per heavy atom. The molecule has 0 unspecified atom stereocenters. The second-order valence-corrected chi connectivity index (χ2v) is 8.91. The SMILES string of the molecule is C#CCNC(=O)c1cccc(F)c1Nc1nc(Nc2ccc3c(c2)CCN(CCOC)CC3)ncc1Cl. The zero-order chi connectivity index (χ0) is 26.2. The summed E-state index contributed by atoms with van der Waals surface area (Å²) in [6.07, 6.45) is 8.53. The molecule has 0 fully saturated rings. The second-order valence-electron chi connectivity index (χ2n) is 8.51. The number of halogens is 2. The Bertz CT molecular complexity index is 1310. The number of nitrogens with zero attached hydrogens (tertiary/aromatic N) is 3. The number of aromatic nitrogens is 2. The van der Waals surface area contributed by atoms with Crippen molar-refractivity contribution >= 4 is 40.6 Å². The maximum absolute atomic E-state index is 14.7. The molecule has 1 aliphatic heterocycles. The first-order valence-electron chi connectivity index (χ1n) is 11.9. The van der Waals surface area contributed by atoms with Crippen molar-refractivity contribution in [2.45, 2.75) is 12.8 Å². The summed E-state index contributed by atoms with van der Waals surface area (Å²) in [5, 5.41) is 8.75. The van der Waals surface area contributed by atoms with Crippen molar-refractivity contribution in [2.24, 2.45) is 0 Å². The van der Waals surface area contributed by atoms with E-state index in [1.165, 1.54) is 35.5 Å². The molecule has 1 aliphatic rings. The Hall–Kier alpha value is -3.71. The Labute approximate surface area is 220 Å². The predicted molar refractivity (Wildman–Crippen MR) is 143 cm³/mol. The number of hydrogen-bond donors (Lipinski definition) is 3. The number of hydrogen-bond acceptors (Lipinski definition) is 7. The molecule has 2 heterocycles. The van der Waals surface area contributed by atoms with Crippen molar-refractivity contribution in [3.63, 3.8) is 0 Å². The molecule has 2 aromatic carbocycles. The number of nitrogens with one attached hydrogen (secondary N) is 3. The zero-order valence-electron chi connectivity index (χ0n) is 20.5. The summed E-state index contributed by atoms with van der Waals surface area (Å²) in [4.78, 5) is 23.6. The lowest BCUT2D eigenvalue weighted by Crippen LogP contribution is -2.29. The summed E-state index contributed by atoms with van der Waals surface area (Å²) in [6, 6.07) is 10.4. The number of rotatable bonds is 9. The van der Waals surface area contributed by atoms with E-state index in [-0.39, 0.29) is 34.6 Å². The Morgan fingerprint density at radius 1 is 1.22 bits per heavy atom. The highest BCUT2D eigenvalue weighted by molar-refractivity contribution is 6.33. The van der Waals surface area contributed by atoms with E-state index in [1.54, 1.807) is 7.11 Å². The molecule has 0 spiro atoms. The van der Waals surface area contributed by atoms with Crippen LogP contribution in [0.25, 0.3) is 0 Å². The number of para-hydroxylation sites is 1. The molecule has 4 rings (SSSR count). The molecule has 3 N–H and O–H groups in total. The average molecular weight is 523 g/mol. The van der Waals surface area contributed by atoms with Gasteiger partial charge >= 0.3 is 0 Å². The molecule has 192 valence electrons. The normalized spacial score (nSPS) is 13.2. The molecule has 8 nitrogen and oxygen atoms in total. The van der Waals surface area contributed by atoms with Crippen LogP contribution in [0.3, 0.4) is 0 Å². The minimum absolute atomic E-state index is 0.0169. The maximum atomic E-state index is 14.7. The highest BCUT2D eigenvalue weighted by Gasteiger charge is 2.18. The van der Waals surface area contributed by atoms with Gasteiger partial charge in [-0.05, 0) is 48.2 Å². The molecule has 10 heteroatoms. The molecule has 0 saturated carbocycles. The summed E-state index contributed by atoms with van der Waals surface area (Å²) in [5.74, 6) is 1.59. The van der Waals surface area contributed by atoms with E-state index < -0.39 is 11.7 Å². The summed E-state index contributed by atoms with van der Waals surface area (Å²) < 4.78 is 19.9. The van der Waals surface area contributed by atoms with Crippen LogP contribution in [0.4, 0.5) is 27.5 Å². The van der Waals surface area contributed by atoms with Gasteiger partial charge in [-0.1, -0.05) is 29.7 Å². The fourth-order valence-electron chi connectivity index (χ4n) is 4.12. The smallest absolute Gasteiger partial charge is 0.254 e. The van der Waals surface area contributed by atoms with Crippen molar-refractivity contribution < 1.29 is 13.9 Å². The number of anilines is 4. The fourth-order valence-corrected chi connectivity index (χ4v) is 4.26. The van der Waals surface area contributed by atoms with Crippen LogP contribution in [0.2, 0.25) is 5.02 Å². The highest BCUT2D eigenvalue weighted by atomic mass is 35.5. The van der Waals surface area contributed by atoms with Crippen LogP contribution in [0.5, 0.6) is 0 Å². The highest BCUT2D eigenvalue weighted by Crippen LogP contribution is 2.29. The third-order valence-electron chi connectivity index (χ3n) is 6.07. The lowest BCUT2D eigenvalue weighted by molar-refractivity contribution is 0.0959. The van der Waals surface area contributed by atoms with Gasteiger partial charge in [0.05, 0.1) is 30.6 Å². The summed E-state index contributed by atoms with van der Waals surface area (Å²) in [5.41, 5.74) is 3.43. The number of amides is 1. The Kier molecular flexibility index (Phi) is 8.90. The van der Waals surface area contributed by atoms with Gasteiger partial charge in [0.25, 0.3) is 5.91 Å². The molecule has 1 aromatic heterocycles. The fraction of sp³-hybridized carbons (Fsp3) is 0.296. The van der Waals surface area contributed by atoms with Crippen molar-refractivity contribution in [3.05, 3.63) is 70.1 Å². The van der Waals surface area contributed by atoms with E-state index in [4.69, 9.17) is 22.8 Å². The van der Waals surface area contributed by atoms with Crippen LogP contribution >= 0.6 is 11.6 Å². The monoisotopic (exact) mass is 522 g/mol. The number of carbonyl (C=O) groups is 1. The molecule has 0 radical (unpaired) electrons. The zero-order valence-corrected chi connectivity index (χ0v) is 21.2. The van der Waals surface area contributed by atoms with E-state index in [9.17, 15) is 9.18 Å². The number of carbonyl (C=O) groups excluding carboxylic acids is 1. The minimum Gasteiger partial charge on any atom is -0.383 e. The molecule has 0 aliphatic carbocycles. The molecule has 0 atom stereocenters. The molecule has 37 heavy (non-hydrogen) atoms. The van der Waals surface area contributed by atoms with Crippen molar-refractivity contribution in [1.29, 1.82) is 0 Å². The molecule has 0 saturated heterocycles. The topological polar surface area (TPSA) is 91.4 Å². The lowest BCUT2D eigenvalue weighted by atomic mass is 10.0. The summed E-state index contributed by atoms with van der Waals surface area (Å²) >= 11 is 6.30. The van der Waals surface area contributed by atoms with Crippen LogP contribution in [-0.2, 0) is 17.6 Å². The van der Waals surface area contributed by atoms with Crippen molar-refractivity contribution in [2.75, 3.05) is 50.5 Å². The number of fused-ring (bicyclic) bond motifs is 1.